The number of ether oxygens (including phenoxy) is 1. The van der Waals surface area contributed by atoms with E-state index in [1.54, 1.807) is 0 Å². The van der Waals surface area contributed by atoms with Crippen LogP contribution >= 0.6 is 0 Å². The zero-order chi connectivity index (χ0) is 27.6. The average Bonchev–Trinajstić information content (AvgIpc) is 3.31. The van der Waals surface area contributed by atoms with Gasteiger partial charge in [0.15, 0.2) is 0 Å². The number of aromatic nitrogens is 2. The van der Waals surface area contributed by atoms with E-state index < -0.39 is 29.3 Å². The summed E-state index contributed by atoms with van der Waals surface area (Å²) < 4.78 is 52.5. The van der Waals surface area contributed by atoms with Gasteiger partial charge in [-0.25, -0.2) is 18.0 Å². The van der Waals surface area contributed by atoms with E-state index in [1.165, 1.54) is 21.0 Å². The number of fused-ring (bicyclic) bond motifs is 1. The lowest BCUT2D eigenvalue weighted by atomic mass is 9.82. The molecule has 0 aliphatic carbocycles. The van der Waals surface area contributed by atoms with Crippen molar-refractivity contribution in [1.82, 2.24) is 14.7 Å². The van der Waals surface area contributed by atoms with Crippen LogP contribution in [0.15, 0.2) is 42.7 Å². The summed E-state index contributed by atoms with van der Waals surface area (Å²) in [4.78, 5) is 13.2. The fourth-order valence-electron chi connectivity index (χ4n) is 5.06. The molecule has 1 aliphatic rings. The van der Waals surface area contributed by atoms with E-state index >= 15 is 8.78 Å². The number of halogens is 3. The number of aryl methyl sites for hydroxylation is 1. The minimum Gasteiger partial charge on any atom is -0.459 e. The Bertz CT molecular complexity index is 1370. The molecule has 0 radical (unpaired) electrons. The second-order valence-corrected chi connectivity index (χ2v) is 10.3. The van der Waals surface area contributed by atoms with Crippen molar-refractivity contribution in [3.63, 3.8) is 0 Å². The van der Waals surface area contributed by atoms with E-state index in [9.17, 15) is 9.18 Å². The van der Waals surface area contributed by atoms with Crippen molar-refractivity contribution in [3.8, 4) is 23.0 Å². The van der Waals surface area contributed by atoms with Gasteiger partial charge in [0.25, 0.3) is 0 Å². The Kier molecular flexibility index (Phi) is 7.98. The van der Waals surface area contributed by atoms with E-state index in [-0.39, 0.29) is 23.7 Å². The lowest BCUT2D eigenvalue weighted by Crippen LogP contribution is -2.48. The molecule has 1 aliphatic heterocycles. The molecular formula is C30H32F3N3O2. The first-order chi connectivity index (χ1) is 18.0. The number of alkyl halides is 1. The number of esters is 1. The number of benzene rings is 2. The number of hydrogen-bond donors (Lipinski definition) is 0. The minimum absolute atomic E-state index is 0.00735. The molecule has 8 heteroatoms. The van der Waals surface area contributed by atoms with Crippen molar-refractivity contribution in [2.75, 3.05) is 13.7 Å². The van der Waals surface area contributed by atoms with Gasteiger partial charge >= 0.3 is 5.97 Å². The number of rotatable bonds is 6. The third kappa shape index (κ3) is 5.94. The molecule has 1 aromatic heterocycles. The van der Waals surface area contributed by atoms with Gasteiger partial charge in [-0.3, -0.25) is 9.58 Å². The molecule has 2 atom stereocenters. The summed E-state index contributed by atoms with van der Waals surface area (Å²) in [6, 6.07) is 7.00. The highest BCUT2D eigenvalue weighted by Gasteiger charge is 2.39. The van der Waals surface area contributed by atoms with Gasteiger partial charge in [0, 0.05) is 47.9 Å². The summed E-state index contributed by atoms with van der Waals surface area (Å²) in [6.45, 7) is 7.76. The number of hydrogen-bond acceptors (Lipinski definition) is 4. The van der Waals surface area contributed by atoms with Crippen LogP contribution in [0.4, 0.5) is 13.2 Å². The maximum Gasteiger partial charge on any atom is 0.384 e. The number of carbonyl (C=O) groups excluding carboxylic acids is 1. The fourth-order valence-corrected chi connectivity index (χ4v) is 5.06. The highest BCUT2D eigenvalue weighted by molar-refractivity contribution is 5.89. The Morgan fingerprint density at radius 2 is 1.89 bits per heavy atom. The largest absolute Gasteiger partial charge is 0.459 e. The first kappa shape index (κ1) is 27.5. The predicted octanol–water partition coefficient (Wildman–Crippen LogP) is 5.85. The lowest BCUT2D eigenvalue weighted by molar-refractivity contribution is -0.133. The molecule has 0 saturated heterocycles. The summed E-state index contributed by atoms with van der Waals surface area (Å²) in [5.74, 6) is 2.19. The monoisotopic (exact) mass is 523 g/mol. The zero-order valence-electron chi connectivity index (χ0n) is 22.3. The molecule has 2 unspecified atom stereocenters. The second-order valence-electron chi connectivity index (χ2n) is 10.3. The van der Waals surface area contributed by atoms with Crippen LogP contribution in [0.5, 0.6) is 0 Å². The third-order valence-corrected chi connectivity index (χ3v) is 6.68. The van der Waals surface area contributed by atoms with Crippen LogP contribution in [0.2, 0.25) is 0 Å². The highest BCUT2D eigenvalue weighted by atomic mass is 19.1. The first-order valence-electron chi connectivity index (χ1n) is 12.7. The molecule has 4 rings (SSSR count). The van der Waals surface area contributed by atoms with Gasteiger partial charge in [-0.2, -0.15) is 5.10 Å². The highest BCUT2D eigenvalue weighted by Crippen LogP contribution is 2.42. The fraction of sp³-hybridized carbons (Fsp3) is 0.400. The van der Waals surface area contributed by atoms with Gasteiger partial charge in [0.05, 0.1) is 19.3 Å². The molecule has 0 fully saturated rings. The number of carbonyl (C=O) groups is 1. The average molecular weight is 524 g/mol. The van der Waals surface area contributed by atoms with Gasteiger partial charge < -0.3 is 4.74 Å². The Morgan fingerprint density at radius 3 is 2.53 bits per heavy atom. The van der Waals surface area contributed by atoms with Crippen LogP contribution in [0.3, 0.4) is 0 Å². The molecule has 3 aromatic rings. The van der Waals surface area contributed by atoms with Crippen molar-refractivity contribution >= 4 is 5.97 Å². The summed E-state index contributed by atoms with van der Waals surface area (Å²) in [5, 5.41) is 4.41. The first-order valence-corrected chi connectivity index (χ1v) is 12.7. The molecule has 0 bridgehead atoms. The molecular weight excluding hydrogens is 491 g/mol. The van der Waals surface area contributed by atoms with Crippen molar-refractivity contribution in [2.45, 2.75) is 64.8 Å². The van der Waals surface area contributed by atoms with Crippen LogP contribution in [0, 0.1) is 23.5 Å². The zero-order valence-corrected chi connectivity index (χ0v) is 22.3. The SMILES string of the molecule is CCCn1cc(-c2ccc3c(c2)CC(C)N(CC(C)(C)F)C3c2c(F)cc(C#CC(=O)OC)cc2F)cn1. The van der Waals surface area contributed by atoms with E-state index in [4.69, 9.17) is 0 Å². The van der Waals surface area contributed by atoms with Crippen molar-refractivity contribution < 1.29 is 22.7 Å². The molecule has 2 heterocycles. The smallest absolute Gasteiger partial charge is 0.384 e. The maximum atomic E-state index is 15.6. The van der Waals surface area contributed by atoms with Crippen molar-refractivity contribution in [3.05, 3.63) is 76.6 Å². The molecule has 0 amide bonds. The Hall–Kier alpha value is -3.57. The number of nitrogens with zero attached hydrogens (tertiary/aromatic N) is 3. The van der Waals surface area contributed by atoms with Gasteiger partial charge in [-0.1, -0.05) is 31.0 Å². The lowest BCUT2D eigenvalue weighted by Gasteiger charge is -2.44. The van der Waals surface area contributed by atoms with Crippen LogP contribution < -0.4 is 0 Å². The van der Waals surface area contributed by atoms with Crippen LogP contribution in [-0.4, -0.2) is 46.0 Å². The minimum atomic E-state index is -1.59. The van der Waals surface area contributed by atoms with E-state index in [2.05, 4.69) is 28.6 Å². The van der Waals surface area contributed by atoms with E-state index in [0.29, 0.717) is 6.42 Å². The summed E-state index contributed by atoms with van der Waals surface area (Å²) in [6.07, 6.45) is 5.37. The standard InChI is InChI=1S/C30H32F3N3O2/c1-6-11-35-17-23(16-34-35)21-8-9-24-22(15-21)12-19(2)36(18-30(3,4)33)29(24)28-25(31)13-20(14-26(28)32)7-10-27(37)38-5/h8-9,13-17,19,29H,6,11-12,18H2,1-5H3. The van der Waals surface area contributed by atoms with Gasteiger partial charge in [0.2, 0.25) is 0 Å². The molecule has 0 saturated carbocycles. The Morgan fingerprint density at radius 1 is 1.18 bits per heavy atom. The van der Waals surface area contributed by atoms with Gasteiger partial charge in [-0.15, -0.1) is 0 Å². The topological polar surface area (TPSA) is 47.4 Å². The van der Waals surface area contributed by atoms with Gasteiger partial charge in [-0.05, 0) is 62.4 Å². The quantitative estimate of drug-likeness (QED) is 0.301. The normalized spacial score (nSPS) is 17.5. The second kappa shape index (κ2) is 11.0. The molecule has 0 spiro atoms. The molecule has 5 nitrogen and oxygen atoms in total. The summed E-state index contributed by atoms with van der Waals surface area (Å²) in [5.41, 5.74) is 1.85. The molecule has 38 heavy (non-hydrogen) atoms. The van der Waals surface area contributed by atoms with Crippen molar-refractivity contribution in [2.24, 2.45) is 0 Å². The molecule has 0 N–H and O–H groups in total. The third-order valence-electron chi connectivity index (χ3n) is 6.68. The maximum absolute atomic E-state index is 15.6. The van der Waals surface area contributed by atoms with E-state index in [1.807, 2.05) is 47.1 Å². The van der Waals surface area contributed by atoms with Crippen LogP contribution in [-0.2, 0) is 22.5 Å². The summed E-state index contributed by atoms with van der Waals surface area (Å²) >= 11 is 0. The molecule has 200 valence electrons. The van der Waals surface area contributed by atoms with Gasteiger partial charge in [0.1, 0.15) is 17.3 Å². The van der Waals surface area contributed by atoms with Crippen molar-refractivity contribution in [1.29, 1.82) is 0 Å². The van der Waals surface area contributed by atoms with Crippen LogP contribution in [0.25, 0.3) is 11.1 Å². The Balaban J connectivity index is 1.82. The van der Waals surface area contributed by atoms with E-state index in [0.717, 1.165) is 47.4 Å². The molecule has 2 aromatic carbocycles. The predicted molar refractivity (Wildman–Crippen MR) is 140 cm³/mol. The Labute approximate surface area is 221 Å². The number of methoxy groups -OCH3 is 1. The van der Waals surface area contributed by atoms with Crippen LogP contribution in [0.1, 0.15) is 62.4 Å². The summed E-state index contributed by atoms with van der Waals surface area (Å²) in [7, 11) is 1.17.